The van der Waals surface area contributed by atoms with Gasteiger partial charge in [-0.15, -0.1) is 0 Å². The molecule has 0 spiro atoms. The highest BCUT2D eigenvalue weighted by molar-refractivity contribution is 6.30. The number of nitrogens with zero attached hydrogens (tertiary/aromatic N) is 1. The van der Waals surface area contributed by atoms with Gasteiger partial charge in [0.05, 0.1) is 12.3 Å². The van der Waals surface area contributed by atoms with Crippen LogP contribution in [-0.4, -0.2) is 37.2 Å². The first kappa shape index (κ1) is 16.4. The molecular weight excluding hydrogens is 284 g/mol. The van der Waals surface area contributed by atoms with Crippen LogP contribution in [0.4, 0.5) is 5.69 Å². The second-order valence-electron chi connectivity index (χ2n) is 5.78. The minimum atomic E-state index is 0.432. The van der Waals surface area contributed by atoms with Crippen molar-refractivity contribution >= 4 is 17.3 Å². The second kappa shape index (κ2) is 7.90. The first-order valence-corrected chi connectivity index (χ1v) is 8.43. The Hall–Kier alpha value is -0.930. The fraction of sp³-hybridized carbons (Fsp3) is 0.647. The minimum absolute atomic E-state index is 0.432. The molecule has 2 rings (SSSR count). The number of nitrogens with one attached hydrogen (secondary N) is 1. The maximum absolute atomic E-state index is 6.12. The molecule has 0 amide bonds. The third-order valence-electron chi connectivity index (χ3n) is 4.41. The smallest absolute Gasteiger partial charge is 0.142 e. The molecule has 1 fully saturated rings. The molecule has 0 saturated carbocycles. The molecule has 3 nitrogen and oxygen atoms in total. The van der Waals surface area contributed by atoms with E-state index in [-0.39, 0.29) is 0 Å². The Labute approximate surface area is 133 Å². The third kappa shape index (κ3) is 4.52. The Balaban J connectivity index is 1.99. The summed E-state index contributed by atoms with van der Waals surface area (Å²) in [6.07, 6.45) is 2.51. The van der Waals surface area contributed by atoms with Crippen molar-refractivity contribution in [1.82, 2.24) is 4.90 Å². The van der Waals surface area contributed by atoms with E-state index in [1.165, 1.54) is 25.9 Å². The number of halogens is 1. The molecule has 21 heavy (non-hydrogen) atoms. The molecule has 1 aromatic rings. The van der Waals surface area contributed by atoms with Gasteiger partial charge < -0.3 is 15.0 Å². The van der Waals surface area contributed by atoms with Crippen LogP contribution in [0.2, 0.25) is 5.02 Å². The summed E-state index contributed by atoms with van der Waals surface area (Å²) in [4.78, 5) is 2.52. The largest absolute Gasteiger partial charge is 0.492 e. The Bertz CT molecular complexity index is 444. The molecule has 1 heterocycles. The highest BCUT2D eigenvalue weighted by atomic mass is 35.5. The van der Waals surface area contributed by atoms with E-state index in [0.29, 0.717) is 18.6 Å². The van der Waals surface area contributed by atoms with Gasteiger partial charge in [0.15, 0.2) is 0 Å². The van der Waals surface area contributed by atoms with Gasteiger partial charge in [-0.25, -0.2) is 0 Å². The van der Waals surface area contributed by atoms with Crippen LogP contribution < -0.4 is 10.1 Å². The molecule has 1 aliphatic heterocycles. The SMILES string of the molecule is CCOc1ccc(Cl)cc1NC(C)C1CCN(CC)CC1. The van der Waals surface area contributed by atoms with Crippen LogP contribution >= 0.6 is 11.6 Å². The summed E-state index contributed by atoms with van der Waals surface area (Å²) in [5, 5.41) is 4.36. The van der Waals surface area contributed by atoms with E-state index in [1.807, 2.05) is 25.1 Å². The van der Waals surface area contributed by atoms with E-state index in [4.69, 9.17) is 16.3 Å². The zero-order valence-electron chi connectivity index (χ0n) is 13.4. The Morgan fingerprint density at radius 1 is 1.33 bits per heavy atom. The zero-order valence-corrected chi connectivity index (χ0v) is 14.1. The molecule has 4 heteroatoms. The molecule has 1 aliphatic rings. The van der Waals surface area contributed by atoms with E-state index in [2.05, 4.69) is 24.1 Å². The van der Waals surface area contributed by atoms with Crippen LogP contribution in [-0.2, 0) is 0 Å². The molecule has 0 bridgehead atoms. The lowest BCUT2D eigenvalue weighted by atomic mass is 9.90. The Kier molecular flexibility index (Phi) is 6.19. The van der Waals surface area contributed by atoms with Gasteiger partial charge in [0, 0.05) is 11.1 Å². The predicted molar refractivity (Wildman–Crippen MR) is 90.5 cm³/mol. The summed E-state index contributed by atoms with van der Waals surface area (Å²) in [5.74, 6) is 1.60. The second-order valence-corrected chi connectivity index (χ2v) is 6.21. The van der Waals surface area contributed by atoms with Crippen molar-refractivity contribution in [3.8, 4) is 5.75 Å². The number of hydrogen-bond donors (Lipinski definition) is 1. The molecule has 1 atom stereocenters. The average Bonchev–Trinajstić information content (AvgIpc) is 2.50. The van der Waals surface area contributed by atoms with Gasteiger partial charge >= 0.3 is 0 Å². The number of ether oxygens (including phenoxy) is 1. The molecule has 0 radical (unpaired) electrons. The van der Waals surface area contributed by atoms with Crippen LogP contribution in [0, 0.1) is 5.92 Å². The molecule has 1 unspecified atom stereocenters. The third-order valence-corrected chi connectivity index (χ3v) is 4.65. The quantitative estimate of drug-likeness (QED) is 0.849. The van der Waals surface area contributed by atoms with Crippen molar-refractivity contribution in [3.63, 3.8) is 0 Å². The fourth-order valence-electron chi connectivity index (χ4n) is 3.03. The lowest BCUT2D eigenvalue weighted by molar-refractivity contribution is 0.183. The van der Waals surface area contributed by atoms with Gasteiger partial charge in [0.1, 0.15) is 5.75 Å². The first-order chi connectivity index (χ1) is 10.1. The van der Waals surface area contributed by atoms with Crippen LogP contribution in [0.1, 0.15) is 33.6 Å². The average molecular weight is 311 g/mol. The van der Waals surface area contributed by atoms with Crippen LogP contribution in [0.3, 0.4) is 0 Å². The van der Waals surface area contributed by atoms with Gasteiger partial charge in [0.2, 0.25) is 0 Å². The molecule has 0 aliphatic carbocycles. The van der Waals surface area contributed by atoms with E-state index in [0.717, 1.165) is 23.0 Å². The molecule has 1 saturated heterocycles. The number of likely N-dealkylation sites (tertiary alicyclic amines) is 1. The summed E-state index contributed by atoms with van der Waals surface area (Å²) in [6, 6.07) is 6.22. The van der Waals surface area contributed by atoms with E-state index in [1.54, 1.807) is 0 Å². The Morgan fingerprint density at radius 2 is 2.05 bits per heavy atom. The zero-order chi connectivity index (χ0) is 15.2. The molecule has 118 valence electrons. The number of rotatable bonds is 6. The number of anilines is 1. The topological polar surface area (TPSA) is 24.5 Å². The standard InChI is InChI=1S/C17H27ClN2O/c1-4-20-10-8-14(9-11-20)13(3)19-16-12-15(18)6-7-17(16)21-5-2/h6-7,12-14,19H,4-5,8-11H2,1-3H3. The summed E-state index contributed by atoms with van der Waals surface area (Å²) >= 11 is 6.12. The summed E-state index contributed by atoms with van der Waals surface area (Å²) in [5.41, 5.74) is 1.01. The van der Waals surface area contributed by atoms with Gasteiger partial charge in [-0.2, -0.15) is 0 Å². The first-order valence-electron chi connectivity index (χ1n) is 8.05. The lowest BCUT2D eigenvalue weighted by Gasteiger charge is -2.35. The van der Waals surface area contributed by atoms with Gasteiger partial charge in [-0.05, 0) is 70.4 Å². The maximum atomic E-state index is 6.12. The van der Waals surface area contributed by atoms with Crippen molar-refractivity contribution in [2.24, 2.45) is 5.92 Å². The maximum Gasteiger partial charge on any atom is 0.142 e. The molecule has 1 N–H and O–H groups in total. The van der Waals surface area contributed by atoms with Gasteiger partial charge in [-0.3, -0.25) is 0 Å². The van der Waals surface area contributed by atoms with Crippen LogP contribution in [0.25, 0.3) is 0 Å². The van der Waals surface area contributed by atoms with E-state index >= 15 is 0 Å². The van der Waals surface area contributed by atoms with E-state index < -0.39 is 0 Å². The molecule has 1 aromatic carbocycles. The van der Waals surface area contributed by atoms with Gasteiger partial charge in [0.25, 0.3) is 0 Å². The van der Waals surface area contributed by atoms with Crippen molar-refractivity contribution in [3.05, 3.63) is 23.2 Å². The highest BCUT2D eigenvalue weighted by Gasteiger charge is 2.23. The highest BCUT2D eigenvalue weighted by Crippen LogP contribution is 2.31. The molecular formula is C17H27ClN2O. The van der Waals surface area contributed by atoms with Crippen molar-refractivity contribution in [2.45, 2.75) is 39.7 Å². The summed E-state index contributed by atoms with van der Waals surface area (Å²) in [6.45, 7) is 10.8. The van der Waals surface area contributed by atoms with Crippen molar-refractivity contribution < 1.29 is 4.74 Å². The van der Waals surface area contributed by atoms with Crippen molar-refractivity contribution in [1.29, 1.82) is 0 Å². The summed E-state index contributed by atoms with van der Waals surface area (Å²) < 4.78 is 5.69. The van der Waals surface area contributed by atoms with Crippen LogP contribution in [0.5, 0.6) is 5.75 Å². The van der Waals surface area contributed by atoms with E-state index in [9.17, 15) is 0 Å². The predicted octanol–water partition coefficient (Wildman–Crippen LogP) is 4.27. The van der Waals surface area contributed by atoms with Crippen LogP contribution in [0.15, 0.2) is 18.2 Å². The monoisotopic (exact) mass is 310 g/mol. The number of hydrogen-bond acceptors (Lipinski definition) is 3. The van der Waals surface area contributed by atoms with Crippen molar-refractivity contribution in [2.75, 3.05) is 31.6 Å². The number of piperidine rings is 1. The minimum Gasteiger partial charge on any atom is -0.492 e. The van der Waals surface area contributed by atoms with Gasteiger partial charge in [-0.1, -0.05) is 18.5 Å². The number of benzene rings is 1. The lowest BCUT2D eigenvalue weighted by Crippen LogP contribution is -2.39. The summed E-state index contributed by atoms with van der Waals surface area (Å²) in [7, 11) is 0. The fourth-order valence-corrected chi connectivity index (χ4v) is 3.20. The normalized spacial score (nSPS) is 18.5. The Morgan fingerprint density at radius 3 is 2.67 bits per heavy atom. The molecule has 0 aromatic heterocycles.